The Morgan fingerprint density at radius 2 is 1.71 bits per heavy atom. The molecule has 0 unspecified atom stereocenters. The highest BCUT2D eigenvalue weighted by molar-refractivity contribution is 5.95. The van der Waals surface area contributed by atoms with Crippen molar-refractivity contribution in [1.82, 2.24) is 9.13 Å². The van der Waals surface area contributed by atoms with Crippen LogP contribution in [0.4, 0.5) is 5.69 Å². The van der Waals surface area contributed by atoms with Crippen molar-refractivity contribution in [3.8, 4) is 11.8 Å². The number of amides is 1. The van der Waals surface area contributed by atoms with Gasteiger partial charge in [-0.05, 0) is 50.2 Å². The number of aromatic nitrogens is 2. The maximum absolute atomic E-state index is 12.8. The Balaban J connectivity index is 1.62. The van der Waals surface area contributed by atoms with Crippen LogP contribution < -0.4 is 15.3 Å². The van der Waals surface area contributed by atoms with Gasteiger partial charge in [0.15, 0.2) is 6.61 Å². The molecule has 3 rings (SSSR count). The Labute approximate surface area is 197 Å². The summed E-state index contributed by atoms with van der Waals surface area (Å²) >= 11 is 0. The molecule has 0 N–H and O–H groups in total. The van der Waals surface area contributed by atoms with Crippen LogP contribution in [0.5, 0.6) is 5.75 Å². The lowest BCUT2D eigenvalue weighted by Crippen LogP contribution is -2.35. The van der Waals surface area contributed by atoms with Crippen LogP contribution in [0, 0.1) is 11.3 Å². The predicted octanol–water partition coefficient (Wildman–Crippen LogP) is 3.10. The topological polar surface area (TPSA) is 107 Å². The lowest BCUT2D eigenvalue weighted by atomic mass is 10.2. The van der Waals surface area contributed by atoms with Crippen LogP contribution in [-0.4, -0.2) is 40.8 Å². The zero-order chi connectivity index (χ0) is 24.5. The molecule has 3 aromatic rings. The average molecular weight is 465 g/mol. The van der Waals surface area contributed by atoms with Crippen molar-refractivity contribution in [3.05, 3.63) is 59.0 Å². The van der Waals surface area contributed by atoms with Gasteiger partial charge >= 0.3 is 11.7 Å². The number of benzene rings is 2. The summed E-state index contributed by atoms with van der Waals surface area (Å²) < 4.78 is 13.8. The fraction of sp³-hybridized carbons (Fsp3) is 0.360. The second kappa shape index (κ2) is 11.7. The van der Waals surface area contributed by atoms with E-state index in [4.69, 9.17) is 14.7 Å². The van der Waals surface area contributed by atoms with Crippen molar-refractivity contribution in [3.63, 3.8) is 0 Å². The number of fused-ring (bicyclic) bond motifs is 1. The first kappa shape index (κ1) is 24.6. The molecule has 0 bridgehead atoms. The molecule has 9 nitrogen and oxygen atoms in total. The van der Waals surface area contributed by atoms with Gasteiger partial charge < -0.3 is 14.4 Å². The van der Waals surface area contributed by atoms with Crippen LogP contribution >= 0.6 is 0 Å². The molecule has 2 aromatic carbocycles. The fourth-order valence-corrected chi connectivity index (χ4v) is 3.74. The summed E-state index contributed by atoms with van der Waals surface area (Å²) in [5, 5.41) is 8.95. The Kier molecular flexibility index (Phi) is 8.46. The van der Waals surface area contributed by atoms with Crippen LogP contribution in [0.25, 0.3) is 11.0 Å². The maximum atomic E-state index is 12.8. The number of rotatable bonds is 11. The Morgan fingerprint density at radius 1 is 1.03 bits per heavy atom. The molecule has 178 valence electrons. The Bertz CT molecular complexity index is 1240. The number of anilines is 1. The molecule has 9 heteroatoms. The van der Waals surface area contributed by atoms with E-state index in [0.717, 1.165) is 11.0 Å². The molecule has 0 radical (unpaired) electrons. The minimum Gasteiger partial charge on any atom is -0.494 e. The highest BCUT2D eigenvalue weighted by Crippen LogP contribution is 2.20. The molecule has 0 aliphatic rings. The van der Waals surface area contributed by atoms with Gasteiger partial charge in [-0.1, -0.05) is 12.1 Å². The van der Waals surface area contributed by atoms with E-state index in [1.807, 2.05) is 44.2 Å². The molecule has 1 amide bonds. The highest BCUT2D eigenvalue weighted by atomic mass is 16.5. The largest absolute Gasteiger partial charge is 0.494 e. The summed E-state index contributed by atoms with van der Waals surface area (Å²) in [5.74, 6) is -0.349. The number of esters is 1. The molecule has 34 heavy (non-hydrogen) atoms. The third-order valence-corrected chi connectivity index (χ3v) is 5.35. The van der Waals surface area contributed by atoms with E-state index in [-0.39, 0.29) is 31.6 Å². The van der Waals surface area contributed by atoms with Crippen LogP contribution in [0.1, 0.15) is 26.7 Å². The number of aryl methyl sites for hydroxylation is 2. The minimum atomic E-state index is -0.583. The molecule has 0 saturated carbocycles. The molecule has 0 fully saturated rings. The van der Waals surface area contributed by atoms with E-state index >= 15 is 0 Å². The lowest BCUT2D eigenvalue weighted by Gasteiger charge is -2.22. The Morgan fingerprint density at radius 3 is 2.32 bits per heavy atom. The molecule has 0 saturated heterocycles. The van der Waals surface area contributed by atoms with E-state index in [1.54, 1.807) is 33.4 Å². The number of para-hydroxylation sites is 2. The molecular formula is C25H28N4O5. The van der Waals surface area contributed by atoms with Crippen molar-refractivity contribution >= 4 is 28.6 Å². The molecule has 1 heterocycles. The van der Waals surface area contributed by atoms with Crippen molar-refractivity contribution < 1.29 is 19.1 Å². The van der Waals surface area contributed by atoms with E-state index in [0.29, 0.717) is 24.6 Å². The average Bonchev–Trinajstić information content (AvgIpc) is 3.13. The number of carbonyl (C=O) groups is 2. The van der Waals surface area contributed by atoms with Crippen LogP contribution in [-0.2, 0) is 27.4 Å². The lowest BCUT2D eigenvalue weighted by molar-refractivity contribution is -0.148. The summed E-state index contributed by atoms with van der Waals surface area (Å²) in [6.07, 6.45) is 0.0868. The van der Waals surface area contributed by atoms with Crippen LogP contribution in [0.3, 0.4) is 0 Å². The summed E-state index contributed by atoms with van der Waals surface area (Å²) in [6, 6.07) is 16.3. The van der Waals surface area contributed by atoms with E-state index in [2.05, 4.69) is 0 Å². The maximum Gasteiger partial charge on any atom is 0.329 e. The van der Waals surface area contributed by atoms with E-state index in [1.165, 1.54) is 4.90 Å². The number of imidazole rings is 1. The fourth-order valence-electron chi connectivity index (χ4n) is 3.74. The third kappa shape index (κ3) is 5.64. The first-order valence-corrected chi connectivity index (χ1v) is 11.2. The zero-order valence-corrected chi connectivity index (χ0v) is 19.4. The predicted molar refractivity (Wildman–Crippen MR) is 128 cm³/mol. The molecule has 1 aromatic heterocycles. The van der Waals surface area contributed by atoms with Gasteiger partial charge in [-0.15, -0.1) is 0 Å². The van der Waals surface area contributed by atoms with Crippen molar-refractivity contribution in [2.75, 3.05) is 24.7 Å². The summed E-state index contributed by atoms with van der Waals surface area (Å²) in [5.41, 5.74) is 1.95. The minimum absolute atomic E-state index is 0.0494. The normalized spacial score (nSPS) is 10.6. The standard InChI is InChI=1S/C25H28N4O5/c1-3-27-21-8-5-6-9-22(21)29(25(27)32)17-14-24(31)34-18-23(30)28(16-7-15-26)19-10-12-20(13-11-19)33-4-2/h5-6,8-13H,3-4,7,14,16-18H2,1-2H3. The number of carbonyl (C=O) groups excluding carboxylic acids is 2. The number of ether oxygens (including phenoxy) is 2. The van der Waals surface area contributed by atoms with Gasteiger partial charge in [-0.2, -0.15) is 5.26 Å². The first-order chi connectivity index (χ1) is 16.5. The summed E-state index contributed by atoms with van der Waals surface area (Å²) in [7, 11) is 0. The molecule has 0 aliphatic heterocycles. The number of hydrogen-bond acceptors (Lipinski definition) is 6. The second-order valence-electron chi connectivity index (χ2n) is 7.46. The van der Waals surface area contributed by atoms with E-state index < -0.39 is 18.5 Å². The number of nitriles is 1. The smallest absolute Gasteiger partial charge is 0.329 e. The van der Waals surface area contributed by atoms with Gasteiger partial charge in [0.25, 0.3) is 5.91 Å². The number of nitrogens with zero attached hydrogens (tertiary/aromatic N) is 4. The molecule has 0 atom stereocenters. The summed E-state index contributed by atoms with van der Waals surface area (Å²) in [4.78, 5) is 39.2. The zero-order valence-electron chi connectivity index (χ0n) is 19.4. The van der Waals surface area contributed by atoms with Crippen LogP contribution in [0.15, 0.2) is 53.3 Å². The SMILES string of the molecule is CCOc1ccc(N(CCC#N)C(=O)COC(=O)CCn2c(=O)n(CC)c3ccccc32)cc1. The van der Waals surface area contributed by atoms with E-state index in [9.17, 15) is 14.4 Å². The van der Waals surface area contributed by atoms with Gasteiger partial charge in [-0.25, -0.2) is 4.79 Å². The second-order valence-corrected chi connectivity index (χ2v) is 7.46. The van der Waals surface area contributed by atoms with Gasteiger partial charge in [0.1, 0.15) is 5.75 Å². The van der Waals surface area contributed by atoms with Crippen LogP contribution in [0.2, 0.25) is 0 Å². The van der Waals surface area contributed by atoms with Gasteiger partial charge in [0.2, 0.25) is 0 Å². The number of hydrogen-bond donors (Lipinski definition) is 0. The van der Waals surface area contributed by atoms with Gasteiger partial charge in [0.05, 0.1) is 36.6 Å². The van der Waals surface area contributed by atoms with Gasteiger partial charge in [-0.3, -0.25) is 18.7 Å². The van der Waals surface area contributed by atoms with Crippen molar-refractivity contribution in [1.29, 1.82) is 5.26 Å². The summed E-state index contributed by atoms with van der Waals surface area (Å²) in [6.45, 7) is 4.68. The van der Waals surface area contributed by atoms with Crippen molar-refractivity contribution in [2.45, 2.75) is 39.8 Å². The first-order valence-electron chi connectivity index (χ1n) is 11.2. The van der Waals surface area contributed by atoms with Crippen molar-refractivity contribution in [2.24, 2.45) is 0 Å². The molecule has 0 spiro atoms. The molecular weight excluding hydrogens is 436 g/mol. The van der Waals surface area contributed by atoms with Gasteiger partial charge in [0, 0.05) is 25.3 Å². The molecule has 0 aliphatic carbocycles. The highest BCUT2D eigenvalue weighted by Gasteiger charge is 2.19. The quantitative estimate of drug-likeness (QED) is 0.404. The Hall–Kier alpha value is -4.06. The third-order valence-electron chi connectivity index (χ3n) is 5.35. The monoisotopic (exact) mass is 464 g/mol.